The van der Waals surface area contributed by atoms with E-state index in [9.17, 15) is 4.79 Å². The van der Waals surface area contributed by atoms with Crippen LogP contribution in [0.15, 0.2) is 0 Å². The number of fused-ring (bicyclic) bond motifs is 2. The van der Waals surface area contributed by atoms with Gasteiger partial charge in [-0.15, -0.1) is 0 Å². The fraction of sp³-hybridized carbons (Fsp3) is 0.875. The Morgan fingerprint density at radius 3 is 2.91 bits per heavy atom. The highest BCUT2D eigenvalue weighted by Gasteiger charge is 2.33. The third-order valence-corrected chi connectivity index (χ3v) is 2.83. The van der Waals surface area contributed by atoms with Gasteiger partial charge in [-0.05, 0) is 25.8 Å². The van der Waals surface area contributed by atoms with E-state index in [1.165, 1.54) is 12.8 Å². The molecule has 3 heteroatoms. The van der Waals surface area contributed by atoms with Crippen molar-refractivity contribution in [3.63, 3.8) is 0 Å². The molecule has 0 aromatic rings. The average Bonchev–Trinajstić information content (AvgIpc) is 2.23. The van der Waals surface area contributed by atoms with Crippen molar-refractivity contribution < 1.29 is 4.79 Å². The van der Waals surface area contributed by atoms with E-state index in [-0.39, 0.29) is 0 Å². The Balaban J connectivity index is 2.11. The second kappa shape index (κ2) is 2.81. The van der Waals surface area contributed by atoms with Crippen LogP contribution >= 0.6 is 0 Å². The molecular weight excluding hydrogens is 140 g/mol. The van der Waals surface area contributed by atoms with Gasteiger partial charge in [-0.25, -0.2) is 0 Å². The highest BCUT2D eigenvalue weighted by molar-refractivity contribution is 5.49. The van der Waals surface area contributed by atoms with Gasteiger partial charge in [0.05, 0.1) is 0 Å². The minimum Gasteiger partial charge on any atom is -0.338 e. The summed E-state index contributed by atoms with van der Waals surface area (Å²) in [7, 11) is 0. The molecule has 62 valence electrons. The Labute approximate surface area is 66.8 Å². The zero-order chi connectivity index (χ0) is 7.68. The fourth-order valence-corrected chi connectivity index (χ4v) is 2.19. The van der Waals surface area contributed by atoms with Gasteiger partial charge in [0.15, 0.2) is 0 Å². The first-order valence-corrected chi connectivity index (χ1v) is 4.35. The molecule has 2 aliphatic rings. The summed E-state index contributed by atoms with van der Waals surface area (Å²) >= 11 is 0. The second-order valence-electron chi connectivity index (χ2n) is 3.43. The van der Waals surface area contributed by atoms with Gasteiger partial charge in [0.2, 0.25) is 6.41 Å². The normalized spacial score (nSPS) is 36.9. The zero-order valence-corrected chi connectivity index (χ0v) is 6.62. The predicted octanol–water partition coefficient (Wildman–Crippen LogP) is -0.0309. The van der Waals surface area contributed by atoms with Crippen LogP contribution in [0.3, 0.4) is 0 Å². The van der Waals surface area contributed by atoms with Crippen LogP contribution in [-0.2, 0) is 4.79 Å². The lowest BCUT2D eigenvalue weighted by Crippen LogP contribution is -2.36. The molecule has 2 fully saturated rings. The maximum absolute atomic E-state index is 10.7. The van der Waals surface area contributed by atoms with Crippen molar-refractivity contribution in [2.75, 3.05) is 13.1 Å². The van der Waals surface area contributed by atoms with Crippen LogP contribution in [0.5, 0.6) is 0 Å². The molecule has 2 aliphatic heterocycles. The third-order valence-electron chi connectivity index (χ3n) is 2.83. The molecule has 0 spiro atoms. The number of rotatable bonds is 1. The quantitative estimate of drug-likeness (QED) is 0.538. The van der Waals surface area contributed by atoms with Gasteiger partial charge in [0.25, 0.3) is 0 Å². The molecule has 2 bridgehead atoms. The smallest absolute Gasteiger partial charge is 0.210 e. The number of carbonyl (C=O) groups is 1. The zero-order valence-electron chi connectivity index (χ0n) is 6.62. The minimum atomic E-state index is 0.486. The molecule has 0 radical (unpaired) electrons. The average molecular weight is 154 g/mol. The van der Waals surface area contributed by atoms with E-state index in [1.807, 2.05) is 4.90 Å². The van der Waals surface area contributed by atoms with Crippen LogP contribution in [0.1, 0.15) is 19.3 Å². The first-order valence-electron chi connectivity index (χ1n) is 4.35. The summed E-state index contributed by atoms with van der Waals surface area (Å²) < 4.78 is 0. The lowest BCUT2D eigenvalue weighted by atomic mass is 10.1. The Morgan fingerprint density at radius 2 is 2.09 bits per heavy atom. The van der Waals surface area contributed by atoms with Crippen molar-refractivity contribution in [2.24, 2.45) is 0 Å². The second-order valence-corrected chi connectivity index (χ2v) is 3.43. The van der Waals surface area contributed by atoms with Crippen molar-refractivity contribution in [3.8, 4) is 0 Å². The molecule has 2 unspecified atom stereocenters. The summed E-state index contributed by atoms with van der Waals surface area (Å²) in [4.78, 5) is 12.7. The summed E-state index contributed by atoms with van der Waals surface area (Å²) in [6, 6.07) is 1.02. The van der Waals surface area contributed by atoms with E-state index < -0.39 is 0 Å². The van der Waals surface area contributed by atoms with Crippen molar-refractivity contribution in [2.45, 2.75) is 31.3 Å². The highest BCUT2D eigenvalue weighted by Crippen LogP contribution is 2.25. The van der Waals surface area contributed by atoms with Crippen LogP contribution in [0.25, 0.3) is 0 Å². The number of hydrogen-bond donors (Lipinski definition) is 1. The van der Waals surface area contributed by atoms with Crippen LogP contribution in [-0.4, -0.2) is 36.5 Å². The van der Waals surface area contributed by atoms with E-state index in [4.69, 9.17) is 0 Å². The van der Waals surface area contributed by atoms with Gasteiger partial charge in [-0.2, -0.15) is 0 Å². The number of hydrogen-bond acceptors (Lipinski definition) is 2. The highest BCUT2D eigenvalue weighted by atomic mass is 16.1. The summed E-state index contributed by atoms with van der Waals surface area (Å²) in [5.74, 6) is 0. The number of carbonyl (C=O) groups excluding carboxylic acids is 1. The maximum Gasteiger partial charge on any atom is 0.210 e. The maximum atomic E-state index is 10.7. The standard InChI is InChI=1S/C8H14N2O/c11-6-10-7-1-2-8(10)5-9-4-3-7/h6-9H,1-5H2. The number of nitrogens with one attached hydrogen (secondary N) is 1. The summed E-state index contributed by atoms with van der Waals surface area (Å²) in [6.45, 7) is 2.07. The van der Waals surface area contributed by atoms with E-state index >= 15 is 0 Å². The molecule has 1 N–H and O–H groups in total. The molecular formula is C8H14N2O. The largest absolute Gasteiger partial charge is 0.338 e. The molecule has 2 heterocycles. The van der Waals surface area contributed by atoms with Crippen molar-refractivity contribution in [1.82, 2.24) is 10.2 Å². The van der Waals surface area contributed by atoms with E-state index in [0.29, 0.717) is 12.1 Å². The molecule has 2 rings (SSSR count). The van der Waals surface area contributed by atoms with Gasteiger partial charge in [0.1, 0.15) is 0 Å². The van der Waals surface area contributed by atoms with Gasteiger partial charge in [-0.3, -0.25) is 4.79 Å². The van der Waals surface area contributed by atoms with E-state index in [0.717, 1.165) is 25.9 Å². The molecule has 0 aliphatic carbocycles. The number of nitrogens with zero attached hydrogens (tertiary/aromatic N) is 1. The van der Waals surface area contributed by atoms with Crippen molar-refractivity contribution in [1.29, 1.82) is 0 Å². The Hall–Kier alpha value is -0.570. The molecule has 0 saturated carbocycles. The Kier molecular flexibility index (Phi) is 1.82. The van der Waals surface area contributed by atoms with Crippen molar-refractivity contribution in [3.05, 3.63) is 0 Å². The first-order chi connectivity index (χ1) is 5.42. The van der Waals surface area contributed by atoms with Crippen LogP contribution in [0, 0.1) is 0 Å². The van der Waals surface area contributed by atoms with E-state index in [2.05, 4.69) is 5.32 Å². The van der Waals surface area contributed by atoms with Crippen LogP contribution in [0.4, 0.5) is 0 Å². The minimum absolute atomic E-state index is 0.486. The lowest BCUT2D eigenvalue weighted by Gasteiger charge is -2.22. The molecule has 2 atom stereocenters. The molecule has 0 aromatic heterocycles. The molecule has 3 nitrogen and oxygen atoms in total. The van der Waals surface area contributed by atoms with Gasteiger partial charge >= 0.3 is 0 Å². The molecule has 1 amide bonds. The van der Waals surface area contributed by atoms with Gasteiger partial charge in [0, 0.05) is 18.6 Å². The SMILES string of the molecule is O=CN1C2CCNCC1CC2. The predicted molar refractivity (Wildman–Crippen MR) is 42.2 cm³/mol. The van der Waals surface area contributed by atoms with Crippen LogP contribution in [0.2, 0.25) is 0 Å². The summed E-state index contributed by atoms with van der Waals surface area (Å²) in [5.41, 5.74) is 0. The Morgan fingerprint density at radius 1 is 1.27 bits per heavy atom. The molecule has 0 aromatic carbocycles. The third kappa shape index (κ3) is 1.13. The van der Waals surface area contributed by atoms with Crippen LogP contribution < -0.4 is 5.32 Å². The molecule has 11 heavy (non-hydrogen) atoms. The van der Waals surface area contributed by atoms with E-state index in [1.54, 1.807) is 0 Å². The first kappa shape index (κ1) is 7.10. The van der Waals surface area contributed by atoms with Crippen molar-refractivity contribution >= 4 is 6.41 Å². The molecule has 2 saturated heterocycles. The fourth-order valence-electron chi connectivity index (χ4n) is 2.19. The topological polar surface area (TPSA) is 32.3 Å². The van der Waals surface area contributed by atoms with Gasteiger partial charge in [-0.1, -0.05) is 0 Å². The summed E-state index contributed by atoms with van der Waals surface area (Å²) in [5, 5.41) is 3.34. The van der Waals surface area contributed by atoms with Gasteiger partial charge < -0.3 is 10.2 Å². The monoisotopic (exact) mass is 154 g/mol. The lowest BCUT2D eigenvalue weighted by molar-refractivity contribution is -0.120. The Bertz CT molecular complexity index is 146. The summed E-state index contributed by atoms with van der Waals surface area (Å²) in [6.07, 6.45) is 4.56. The number of amides is 1.